The predicted molar refractivity (Wildman–Crippen MR) is 71.4 cm³/mol. The topological polar surface area (TPSA) is 59.2 Å². The summed E-state index contributed by atoms with van der Waals surface area (Å²) in [5, 5.41) is 1.05. The molecular formula is C14H15N3O. The van der Waals surface area contributed by atoms with E-state index in [0.717, 1.165) is 22.3 Å². The quantitative estimate of drug-likeness (QED) is 0.825. The zero-order valence-corrected chi connectivity index (χ0v) is 10.3. The molecule has 1 fully saturated rings. The Balaban J connectivity index is 2.17. The first-order valence-electron chi connectivity index (χ1n) is 6.07. The van der Waals surface area contributed by atoms with Gasteiger partial charge in [0.15, 0.2) is 0 Å². The van der Waals surface area contributed by atoms with Gasteiger partial charge in [0.1, 0.15) is 0 Å². The van der Waals surface area contributed by atoms with Gasteiger partial charge in [-0.1, -0.05) is 18.2 Å². The second kappa shape index (κ2) is 4.07. The van der Waals surface area contributed by atoms with Crippen molar-refractivity contribution >= 4 is 22.5 Å². The van der Waals surface area contributed by atoms with E-state index in [1.54, 1.807) is 4.90 Å². The number of fused-ring (bicyclic) bond motifs is 1. The van der Waals surface area contributed by atoms with Crippen LogP contribution in [0.4, 0.5) is 5.69 Å². The minimum atomic E-state index is -0.0717. The average Bonchev–Trinajstić information content (AvgIpc) is 2.67. The van der Waals surface area contributed by atoms with Gasteiger partial charge >= 0.3 is 0 Å². The number of benzene rings is 1. The zero-order valence-electron chi connectivity index (χ0n) is 10.3. The molecule has 1 unspecified atom stereocenters. The number of carbonyl (C=O) groups excluding carboxylic acids is 1. The summed E-state index contributed by atoms with van der Waals surface area (Å²) in [7, 11) is 0. The number of nitrogens with two attached hydrogens (primary N) is 1. The fourth-order valence-corrected chi connectivity index (χ4v) is 2.41. The standard InChI is InChI=1S/C14H15N3O/c1-9-5-6-10-3-2-4-12(14(10)16-9)17-8-11(15)7-13(17)18/h2-6,11H,7-8,15H2,1H3. The van der Waals surface area contributed by atoms with Crippen LogP contribution in [0.1, 0.15) is 12.1 Å². The van der Waals surface area contributed by atoms with Gasteiger partial charge in [-0.15, -0.1) is 0 Å². The molecule has 0 spiro atoms. The van der Waals surface area contributed by atoms with Crippen LogP contribution in [0.15, 0.2) is 30.3 Å². The lowest BCUT2D eigenvalue weighted by molar-refractivity contribution is -0.117. The number of para-hydroxylation sites is 1. The Hall–Kier alpha value is -1.94. The van der Waals surface area contributed by atoms with Crippen molar-refractivity contribution in [2.75, 3.05) is 11.4 Å². The van der Waals surface area contributed by atoms with Crippen molar-refractivity contribution in [3.05, 3.63) is 36.0 Å². The Morgan fingerprint density at radius 3 is 2.89 bits per heavy atom. The number of amides is 1. The van der Waals surface area contributed by atoms with E-state index in [9.17, 15) is 4.79 Å². The van der Waals surface area contributed by atoms with E-state index in [1.165, 1.54) is 0 Å². The molecule has 92 valence electrons. The van der Waals surface area contributed by atoms with Crippen LogP contribution in [-0.4, -0.2) is 23.5 Å². The smallest absolute Gasteiger partial charge is 0.228 e. The van der Waals surface area contributed by atoms with E-state index in [1.807, 2.05) is 37.3 Å². The van der Waals surface area contributed by atoms with Crippen LogP contribution in [0, 0.1) is 6.92 Å². The monoisotopic (exact) mass is 241 g/mol. The number of anilines is 1. The summed E-state index contributed by atoms with van der Waals surface area (Å²) in [5.74, 6) is 0.0818. The molecule has 0 aliphatic carbocycles. The van der Waals surface area contributed by atoms with E-state index in [0.29, 0.717) is 13.0 Å². The highest BCUT2D eigenvalue weighted by atomic mass is 16.2. The lowest BCUT2D eigenvalue weighted by Crippen LogP contribution is -2.28. The molecule has 2 N–H and O–H groups in total. The van der Waals surface area contributed by atoms with E-state index in [2.05, 4.69) is 4.98 Å². The number of hydrogen-bond acceptors (Lipinski definition) is 3. The van der Waals surface area contributed by atoms with Crippen LogP contribution in [0.5, 0.6) is 0 Å². The molecule has 1 amide bonds. The molecule has 4 nitrogen and oxygen atoms in total. The molecule has 4 heteroatoms. The van der Waals surface area contributed by atoms with Gasteiger partial charge in [0, 0.05) is 30.1 Å². The highest BCUT2D eigenvalue weighted by Gasteiger charge is 2.29. The van der Waals surface area contributed by atoms with E-state index in [4.69, 9.17) is 5.73 Å². The van der Waals surface area contributed by atoms with Gasteiger partial charge in [-0.05, 0) is 19.1 Å². The Morgan fingerprint density at radius 2 is 2.17 bits per heavy atom. The third kappa shape index (κ3) is 1.75. The minimum Gasteiger partial charge on any atom is -0.326 e. The van der Waals surface area contributed by atoms with Crippen molar-refractivity contribution in [2.45, 2.75) is 19.4 Å². The molecule has 3 rings (SSSR count). The molecule has 18 heavy (non-hydrogen) atoms. The molecule has 0 saturated carbocycles. The van der Waals surface area contributed by atoms with Crippen molar-refractivity contribution in [2.24, 2.45) is 5.73 Å². The molecule has 1 aliphatic rings. The van der Waals surface area contributed by atoms with Gasteiger partial charge in [0.05, 0.1) is 11.2 Å². The summed E-state index contributed by atoms with van der Waals surface area (Å²) in [4.78, 5) is 18.2. The van der Waals surface area contributed by atoms with Gasteiger partial charge in [-0.2, -0.15) is 0 Å². The van der Waals surface area contributed by atoms with Crippen LogP contribution < -0.4 is 10.6 Å². The molecule has 0 radical (unpaired) electrons. The van der Waals surface area contributed by atoms with Gasteiger partial charge in [-0.25, -0.2) is 0 Å². The Morgan fingerprint density at radius 1 is 1.33 bits per heavy atom. The van der Waals surface area contributed by atoms with Crippen LogP contribution in [0.25, 0.3) is 10.9 Å². The maximum atomic E-state index is 11.9. The average molecular weight is 241 g/mol. The van der Waals surface area contributed by atoms with E-state index in [-0.39, 0.29) is 11.9 Å². The molecule has 1 aromatic carbocycles. The maximum absolute atomic E-state index is 11.9. The number of hydrogen-bond donors (Lipinski definition) is 1. The fourth-order valence-electron chi connectivity index (χ4n) is 2.41. The van der Waals surface area contributed by atoms with Gasteiger partial charge < -0.3 is 10.6 Å². The van der Waals surface area contributed by atoms with E-state index < -0.39 is 0 Å². The first-order chi connectivity index (χ1) is 8.65. The Bertz CT molecular complexity index is 623. The van der Waals surface area contributed by atoms with Crippen molar-refractivity contribution in [3.63, 3.8) is 0 Å². The molecule has 1 saturated heterocycles. The summed E-state index contributed by atoms with van der Waals surface area (Å²) in [6, 6.07) is 9.82. The Labute approximate surface area is 105 Å². The summed E-state index contributed by atoms with van der Waals surface area (Å²) in [5.41, 5.74) is 8.54. The minimum absolute atomic E-state index is 0.0717. The third-order valence-electron chi connectivity index (χ3n) is 3.28. The number of aromatic nitrogens is 1. The number of aryl methyl sites for hydroxylation is 1. The largest absolute Gasteiger partial charge is 0.326 e. The first kappa shape index (κ1) is 11.2. The van der Waals surface area contributed by atoms with Crippen molar-refractivity contribution in [1.29, 1.82) is 0 Å². The second-order valence-corrected chi connectivity index (χ2v) is 4.77. The van der Waals surface area contributed by atoms with Crippen molar-refractivity contribution in [3.8, 4) is 0 Å². The zero-order chi connectivity index (χ0) is 12.7. The van der Waals surface area contributed by atoms with Crippen LogP contribution in [-0.2, 0) is 4.79 Å². The summed E-state index contributed by atoms with van der Waals surface area (Å²) < 4.78 is 0. The first-order valence-corrected chi connectivity index (χ1v) is 6.07. The number of rotatable bonds is 1. The normalized spacial score (nSPS) is 19.8. The molecular weight excluding hydrogens is 226 g/mol. The molecule has 2 heterocycles. The summed E-state index contributed by atoms with van der Waals surface area (Å²) in [6.45, 7) is 2.53. The molecule has 1 aromatic heterocycles. The maximum Gasteiger partial charge on any atom is 0.228 e. The highest BCUT2D eigenvalue weighted by molar-refractivity contribution is 6.03. The van der Waals surface area contributed by atoms with Gasteiger partial charge in [-0.3, -0.25) is 9.78 Å². The highest BCUT2D eigenvalue weighted by Crippen LogP contribution is 2.28. The van der Waals surface area contributed by atoms with Crippen LogP contribution >= 0.6 is 0 Å². The molecule has 1 aliphatic heterocycles. The predicted octanol–water partition coefficient (Wildman–Crippen LogP) is 1.61. The van der Waals surface area contributed by atoms with Crippen molar-refractivity contribution in [1.82, 2.24) is 4.98 Å². The SMILES string of the molecule is Cc1ccc2cccc(N3CC(N)CC3=O)c2n1. The van der Waals surface area contributed by atoms with Crippen LogP contribution in [0.2, 0.25) is 0 Å². The van der Waals surface area contributed by atoms with Crippen molar-refractivity contribution < 1.29 is 4.79 Å². The van der Waals surface area contributed by atoms with E-state index >= 15 is 0 Å². The number of nitrogens with zero attached hydrogens (tertiary/aromatic N) is 2. The summed E-state index contributed by atoms with van der Waals surface area (Å²) in [6.07, 6.45) is 0.419. The Kier molecular flexibility index (Phi) is 2.52. The third-order valence-corrected chi connectivity index (χ3v) is 3.28. The number of pyridine rings is 1. The number of carbonyl (C=O) groups is 1. The molecule has 0 bridgehead atoms. The van der Waals surface area contributed by atoms with Gasteiger partial charge in [0.2, 0.25) is 5.91 Å². The lowest BCUT2D eigenvalue weighted by Gasteiger charge is -2.18. The second-order valence-electron chi connectivity index (χ2n) is 4.77. The summed E-state index contributed by atoms with van der Waals surface area (Å²) >= 11 is 0. The molecule has 1 atom stereocenters. The molecule has 2 aromatic rings. The lowest BCUT2D eigenvalue weighted by atomic mass is 10.1. The van der Waals surface area contributed by atoms with Crippen LogP contribution in [0.3, 0.4) is 0 Å². The van der Waals surface area contributed by atoms with Gasteiger partial charge in [0.25, 0.3) is 0 Å². The fraction of sp³-hybridized carbons (Fsp3) is 0.286.